The minimum atomic E-state index is -3.85. The van der Waals surface area contributed by atoms with Gasteiger partial charge in [0.05, 0.1) is 23.8 Å². The highest BCUT2D eigenvalue weighted by Gasteiger charge is 2.23. The van der Waals surface area contributed by atoms with E-state index in [-0.39, 0.29) is 11.3 Å². The second-order valence-electron chi connectivity index (χ2n) is 9.48. The number of benzene rings is 3. The summed E-state index contributed by atoms with van der Waals surface area (Å²) in [5, 5.41) is 4.16. The van der Waals surface area contributed by atoms with Gasteiger partial charge in [0.25, 0.3) is 0 Å². The Bertz CT molecular complexity index is 1580. The number of hydrogen-bond acceptors (Lipinski definition) is 5. The molecule has 2 N–H and O–H groups in total. The van der Waals surface area contributed by atoms with E-state index < -0.39 is 22.0 Å². The Balaban J connectivity index is 1.46. The first-order chi connectivity index (χ1) is 19.2. The highest BCUT2D eigenvalue weighted by Crippen LogP contribution is 2.23. The van der Waals surface area contributed by atoms with Crippen LogP contribution in [0.3, 0.4) is 0 Å². The summed E-state index contributed by atoms with van der Waals surface area (Å²) < 4.78 is 36.5. The molecule has 0 aliphatic rings. The molecule has 4 aromatic rings. The van der Waals surface area contributed by atoms with Gasteiger partial charge in [-0.25, -0.2) is 18.6 Å². The number of carbonyl (C=O) groups excluding carboxylic acids is 1. The molecule has 0 radical (unpaired) electrons. The summed E-state index contributed by atoms with van der Waals surface area (Å²) in [4.78, 5) is 13.0. The molecule has 0 fully saturated rings. The van der Waals surface area contributed by atoms with Crippen LogP contribution in [0.15, 0.2) is 94.9 Å². The van der Waals surface area contributed by atoms with E-state index in [2.05, 4.69) is 19.8 Å². The second-order valence-corrected chi connectivity index (χ2v) is 11.2. The summed E-state index contributed by atoms with van der Waals surface area (Å²) in [6, 6.07) is 24.7. The van der Waals surface area contributed by atoms with E-state index >= 15 is 0 Å². The van der Waals surface area contributed by atoms with Crippen molar-refractivity contribution < 1.29 is 17.9 Å². The van der Waals surface area contributed by atoms with Crippen LogP contribution < -0.4 is 14.9 Å². The van der Waals surface area contributed by atoms with Gasteiger partial charge in [0, 0.05) is 29.1 Å². The van der Waals surface area contributed by atoms with Gasteiger partial charge in [0.1, 0.15) is 5.75 Å². The van der Waals surface area contributed by atoms with Gasteiger partial charge in [-0.15, -0.1) is 0 Å². The molecule has 0 spiro atoms. The van der Waals surface area contributed by atoms with Crippen molar-refractivity contribution in [2.75, 3.05) is 6.61 Å². The Morgan fingerprint density at radius 1 is 0.975 bits per heavy atom. The van der Waals surface area contributed by atoms with E-state index in [0.29, 0.717) is 12.2 Å². The Hall–Kier alpha value is -4.21. The molecule has 9 heteroatoms. The van der Waals surface area contributed by atoms with Crippen molar-refractivity contribution >= 4 is 22.1 Å². The van der Waals surface area contributed by atoms with Crippen LogP contribution >= 0.6 is 0 Å². The van der Waals surface area contributed by atoms with E-state index in [1.54, 1.807) is 54.7 Å². The molecule has 40 heavy (non-hydrogen) atoms. The van der Waals surface area contributed by atoms with Crippen molar-refractivity contribution in [1.29, 1.82) is 0 Å². The molecule has 1 aromatic heterocycles. The van der Waals surface area contributed by atoms with Crippen LogP contribution in [0.1, 0.15) is 47.5 Å². The van der Waals surface area contributed by atoms with Gasteiger partial charge < -0.3 is 9.30 Å². The number of hydrogen-bond donors (Lipinski definition) is 2. The summed E-state index contributed by atoms with van der Waals surface area (Å²) >= 11 is 0. The third-order valence-corrected chi connectivity index (χ3v) is 7.98. The topological polar surface area (TPSA) is 102 Å². The fraction of sp³-hybridized carbons (Fsp3) is 0.226. The van der Waals surface area contributed by atoms with Crippen LogP contribution in [0.2, 0.25) is 0 Å². The monoisotopic (exact) mass is 558 g/mol. The third-order valence-electron chi connectivity index (χ3n) is 6.49. The molecule has 8 nitrogen and oxygen atoms in total. The number of aromatic nitrogens is 1. The summed E-state index contributed by atoms with van der Waals surface area (Å²) in [7, 11) is -3.85. The molecular weight excluding hydrogens is 524 g/mol. The van der Waals surface area contributed by atoms with Crippen molar-refractivity contribution in [3.63, 3.8) is 0 Å². The number of nitrogens with zero attached hydrogens (tertiary/aromatic N) is 2. The zero-order valence-corrected chi connectivity index (χ0v) is 23.9. The van der Waals surface area contributed by atoms with Crippen molar-refractivity contribution in [2.45, 2.75) is 45.1 Å². The number of aryl methyl sites for hydroxylation is 2. The first-order valence-corrected chi connectivity index (χ1v) is 14.5. The molecule has 208 valence electrons. The van der Waals surface area contributed by atoms with E-state index in [9.17, 15) is 13.2 Å². The van der Waals surface area contributed by atoms with Gasteiger partial charge in [-0.05, 0) is 75.7 Å². The molecule has 0 saturated carbocycles. The van der Waals surface area contributed by atoms with Gasteiger partial charge in [0.15, 0.2) is 0 Å². The van der Waals surface area contributed by atoms with Gasteiger partial charge in [0.2, 0.25) is 15.9 Å². The number of amides is 1. The number of hydrazone groups is 1. The minimum Gasteiger partial charge on any atom is -0.494 e. The van der Waals surface area contributed by atoms with E-state index in [0.717, 1.165) is 34.0 Å². The number of rotatable bonds is 11. The fourth-order valence-electron chi connectivity index (χ4n) is 4.46. The first-order valence-electron chi connectivity index (χ1n) is 13.1. The number of sulfonamides is 1. The van der Waals surface area contributed by atoms with Crippen LogP contribution in [0.5, 0.6) is 5.75 Å². The maximum absolute atomic E-state index is 13.1. The lowest BCUT2D eigenvalue weighted by atomic mass is 10.0. The highest BCUT2D eigenvalue weighted by molar-refractivity contribution is 7.89. The normalized spacial score (nSPS) is 12.4. The molecule has 3 aromatic carbocycles. The lowest BCUT2D eigenvalue weighted by molar-refractivity contribution is -0.121. The van der Waals surface area contributed by atoms with Crippen LogP contribution in [-0.4, -0.2) is 31.7 Å². The molecule has 1 atom stereocenters. The van der Waals surface area contributed by atoms with Gasteiger partial charge in [-0.1, -0.05) is 48.0 Å². The summed E-state index contributed by atoms with van der Waals surface area (Å²) in [6.45, 7) is 8.43. The predicted octanol–water partition coefficient (Wildman–Crippen LogP) is 5.36. The zero-order valence-electron chi connectivity index (χ0n) is 23.1. The standard InChI is InChI=1S/C31H34N4O4S/c1-5-39-28-15-13-27(14-16-28)35-23(3)19-26(24(35)4)21-32-33-31(36)20-30(25-9-7-6-8-10-25)34-40(37,38)29-17-11-22(2)12-18-29/h6-19,21,30,34H,5,20H2,1-4H3,(H,33,36)/b32-21-/t30-/m0/s1. The van der Waals surface area contributed by atoms with E-state index in [4.69, 9.17) is 4.74 Å². The van der Waals surface area contributed by atoms with Crippen LogP contribution in [0.25, 0.3) is 5.69 Å². The largest absolute Gasteiger partial charge is 0.494 e. The molecule has 1 amide bonds. The number of carbonyl (C=O) groups is 1. The predicted molar refractivity (Wildman–Crippen MR) is 157 cm³/mol. The third kappa shape index (κ3) is 7.05. The quantitative estimate of drug-likeness (QED) is 0.191. The SMILES string of the molecule is CCOc1ccc(-n2c(C)cc(/C=N\NC(=O)C[C@H](NS(=O)(=O)c3ccc(C)cc3)c3ccccc3)c2C)cc1. The van der Waals surface area contributed by atoms with Crippen molar-refractivity contribution in [3.05, 3.63) is 113 Å². The van der Waals surface area contributed by atoms with Crippen molar-refractivity contribution in [1.82, 2.24) is 14.7 Å². The molecule has 1 heterocycles. The molecule has 0 unspecified atom stereocenters. The van der Waals surface area contributed by atoms with E-state index in [1.165, 1.54) is 0 Å². The summed E-state index contributed by atoms with van der Waals surface area (Å²) in [5.41, 5.74) is 8.01. The lowest BCUT2D eigenvalue weighted by Gasteiger charge is -2.18. The maximum Gasteiger partial charge on any atom is 0.242 e. The Kier molecular flexibility index (Phi) is 9.19. The fourth-order valence-corrected chi connectivity index (χ4v) is 5.69. The Morgan fingerprint density at radius 3 is 2.30 bits per heavy atom. The van der Waals surface area contributed by atoms with E-state index in [1.807, 2.05) is 64.1 Å². The minimum absolute atomic E-state index is 0.127. The molecule has 0 aliphatic carbocycles. The van der Waals surface area contributed by atoms with Crippen molar-refractivity contribution in [2.24, 2.45) is 5.10 Å². The Labute approximate surface area is 235 Å². The molecule has 4 rings (SSSR count). The number of ether oxygens (including phenoxy) is 1. The molecule has 0 aliphatic heterocycles. The summed E-state index contributed by atoms with van der Waals surface area (Å²) in [5.74, 6) is 0.394. The molecular formula is C31H34N4O4S. The van der Waals surface area contributed by atoms with Crippen LogP contribution in [0.4, 0.5) is 0 Å². The van der Waals surface area contributed by atoms with Crippen molar-refractivity contribution in [3.8, 4) is 11.4 Å². The van der Waals surface area contributed by atoms with Crippen LogP contribution in [0, 0.1) is 20.8 Å². The Morgan fingerprint density at radius 2 is 1.65 bits per heavy atom. The van der Waals surface area contributed by atoms with Crippen LogP contribution in [-0.2, 0) is 14.8 Å². The van der Waals surface area contributed by atoms with Gasteiger partial charge in [-0.3, -0.25) is 4.79 Å². The van der Waals surface area contributed by atoms with Gasteiger partial charge in [-0.2, -0.15) is 5.10 Å². The lowest BCUT2D eigenvalue weighted by Crippen LogP contribution is -2.32. The maximum atomic E-state index is 13.1. The first kappa shape index (κ1) is 28.8. The number of nitrogens with one attached hydrogen (secondary N) is 2. The zero-order chi connectivity index (χ0) is 28.7. The van der Waals surface area contributed by atoms with Gasteiger partial charge >= 0.3 is 0 Å². The average Bonchev–Trinajstić information content (AvgIpc) is 3.22. The second kappa shape index (κ2) is 12.8. The highest BCUT2D eigenvalue weighted by atomic mass is 32.2. The summed E-state index contributed by atoms with van der Waals surface area (Å²) in [6.07, 6.45) is 1.47. The average molecular weight is 559 g/mol. The molecule has 0 bridgehead atoms. The smallest absolute Gasteiger partial charge is 0.242 e. The molecule has 0 saturated heterocycles.